The molecule has 7 rings (SSSR count). The summed E-state index contributed by atoms with van der Waals surface area (Å²) in [5, 5.41) is 5.92. The van der Waals surface area contributed by atoms with Crippen molar-refractivity contribution in [1.29, 1.82) is 0 Å². The summed E-state index contributed by atoms with van der Waals surface area (Å²) in [5.74, 6) is 3.61. The fourth-order valence-corrected chi connectivity index (χ4v) is 9.78. The van der Waals surface area contributed by atoms with E-state index < -0.39 is 0 Å². The van der Waals surface area contributed by atoms with Gasteiger partial charge in [-0.1, -0.05) is 155 Å². The second kappa shape index (κ2) is 20.2. The number of hydrogen-bond acceptors (Lipinski definition) is 1. The Morgan fingerprint density at radius 2 is 1.06 bits per heavy atom. The summed E-state index contributed by atoms with van der Waals surface area (Å²) in [4.78, 5) is 5.58. The Hall–Kier alpha value is -1.74. The van der Waals surface area contributed by atoms with Crippen LogP contribution in [0.3, 0.4) is 0 Å². The monoisotopic (exact) mass is 812 g/mol. The maximum Gasteiger partial charge on any atom is 0.0440 e. The largest absolute Gasteiger partial charge is 0.673 e. The average molecular weight is 812 g/mol. The van der Waals surface area contributed by atoms with Crippen LogP contribution in [0.25, 0.3) is 5.32 Å². The van der Waals surface area contributed by atoms with Crippen LogP contribution in [0.1, 0.15) is 174 Å². The van der Waals surface area contributed by atoms with E-state index in [1.54, 1.807) is 0 Å². The Labute approximate surface area is 314 Å². The molecule has 4 fully saturated rings. The minimum atomic E-state index is -0.0710. The summed E-state index contributed by atoms with van der Waals surface area (Å²) in [6, 6.07) is 25.3. The van der Waals surface area contributed by atoms with Crippen molar-refractivity contribution >= 4 is 5.69 Å². The van der Waals surface area contributed by atoms with Gasteiger partial charge in [-0.15, -0.1) is 5.69 Å². The van der Waals surface area contributed by atoms with Gasteiger partial charge in [-0.2, -0.15) is 0 Å². The second-order valence-corrected chi connectivity index (χ2v) is 14.8. The van der Waals surface area contributed by atoms with Crippen molar-refractivity contribution in [2.75, 3.05) is 0 Å². The molecule has 262 valence electrons. The van der Waals surface area contributed by atoms with Crippen molar-refractivity contribution in [3.63, 3.8) is 0 Å². The zero-order valence-electron chi connectivity index (χ0n) is 30.6. The molecule has 2 aromatic carbocycles. The molecule has 0 radical (unpaired) electrons. The quantitative estimate of drug-likeness (QED) is 0.133. The number of nitrogens with zero attached hydrogens (tertiary/aromatic N) is 2. The van der Waals surface area contributed by atoms with Crippen LogP contribution in [0.2, 0.25) is 0 Å². The SMILES string of the molecule is [CH3-].[CH3-].[CH3-].[Hf].c1ccc(C([N-]c2c(C3CCCCCC3)cccc2C2CCCCCC2)c2cccc(C3CCCC4CCCCC43)n2)cc1. The minimum Gasteiger partial charge on any atom is -0.673 e. The molecule has 1 heterocycles. The smallest absolute Gasteiger partial charge is 0.0440 e. The summed E-state index contributed by atoms with van der Waals surface area (Å²) in [5.41, 5.74) is 8.16. The van der Waals surface area contributed by atoms with Gasteiger partial charge in [-0.05, 0) is 80.4 Å². The third kappa shape index (κ3) is 9.52. The van der Waals surface area contributed by atoms with Gasteiger partial charge < -0.3 is 27.6 Å². The topological polar surface area (TPSA) is 27.0 Å². The van der Waals surface area contributed by atoms with Crippen LogP contribution in [-0.4, -0.2) is 4.98 Å². The van der Waals surface area contributed by atoms with E-state index in [1.807, 2.05) is 0 Å². The summed E-state index contributed by atoms with van der Waals surface area (Å²) in [6.45, 7) is 0. The molecule has 4 aliphatic rings. The molecule has 4 atom stereocenters. The molecule has 4 aliphatic carbocycles. The number of benzene rings is 2. The molecule has 0 amide bonds. The number of para-hydroxylation sites is 1. The minimum absolute atomic E-state index is 0. The van der Waals surface area contributed by atoms with E-state index in [1.165, 1.54) is 150 Å². The molecule has 4 unspecified atom stereocenters. The van der Waals surface area contributed by atoms with Crippen molar-refractivity contribution in [2.24, 2.45) is 11.8 Å². The van der Waals surface area contributed by atoms with Crippen molar-refractivity contribution in [2.45, 2.75) is 146 Å². The first-order valence-electron chi connectivity index (χ1n) is 18.7. The molecule has 1 aromatic heterocycles. The Balaban J connectivity index is 0.00000156. The van der Waals surface area contributed by atoms with E-state index in [4.69, 9.17) is 10.3 Å². The summed E-state index contributed by atoms with van der Waals surface area (Å²) < 4.78 is 0. The summed E-state index contributed by atoms with van der Waals surface area (Å²) in [7, 11) is 0. The van der Waals surface area contributed by atoms with Crippen LogP contribution in [-0.2, 0) is 25.8 Å². The third-order valence-corrected chi connectivity index (χ3v) is 12.1. The first-order chi connectivity index (χ1) is 21.8. The molecule has 4 saturated carbocycles. The Morgan fingerprint density at radius 1 is 0.521 bits per heavy atom. The number of aromatic nitrogens is 1. The molecular formula is C45H64HfN2-4. The Bertz CT molecular complexity index is 1280. The number of fused-ring (bicyclic) bond motifs is 1. The van der Waals surface area contributed by atoms with Gasteiger partial charge in [0.2, 0.25) is 0 Å². The maximum absolute atomic E-state index is 5.92. The molecule has 0 saturated heterocycles. The van der Waals surface area contributed by atoms with Gasteiger partial charge in [-0.25, -0.2) is 0 Å². The molecule has 3 aromatic rings. The summed E-state index contributed by atoms with van der Waals surface area (Å²) in [6.07, 6.45) is 26.0. The van der Waals surface area contributed by atoms with Crippen molar-refractivity contribution in [1.82, 2.24) is 4.98 Å². The van der Waals surface area contributed by atoms with E-state index in [0.29, 0.717) is 17.8 Å². The average Bonchev–Trinajstić information content (AvgIpc) is 3.54. The first-order valence-corrected chi connectivity index (χ1v) is 18.7. The molecule has 2 nitrogen and oxygen atoms in total. The fourth-order valence-electron chi connectivity index (χ4n) is 9.78. The zero-order valence-corrected chi connectivity index (χ0v) is 34.2. The van der Waals surface area contributed by atoms with Gasteiger partial charge in [-0.3, -0.25) is 4.98 Å². The molecule has 0 spiro atoms. The maximum atomic E-state index is 5.92. The molecule has 0 N–H and O–H groups in total. The van der Waals surface area contributed by atoms with Crippen LogP contribution in [0, 0.1) is 34.1 Å². The second-order valence-electron chi connectivity index (χ2n) is 14.8. The van der Waals surface area contributed by atoms with Crippen LogP contribution < -0.4 is 0 Å². The Morgan fingerprint density at radius 3 is 1.69 bits per heavy atom. The van der Waals surface area contributed by atoms with Gasteiger partial charge in [0, 0.05) is 43.1 Å². The standard InChI is InChI=1S/C42H55N2.3CH3.Hf/c1-2-7-18-32(17-6-1)36-26-15-27-37(33-19-8-3-4-9-20-33)42(36)44-41(34-22-10-5-11-23-34)40-30-16-29-39(43-40)38-28-14-24-31-21-12-13-25-35(31)38;;;;/h5,10-11,15-16,22-23,26-27,29-33,35,38,41H,1-4,6-9,12-14,17-21,24-25,28H2;3*1H3;/q4*-1;. The number of hydrogen-bond donors (Lipinski definition) is 0. The van der Waals surface area contributed by atoms with Crippen molar-refractivity contribution in [3.8, 4) is 0 Å². The molecule has 3 heteroatoms. The van der Waals surface area contributed by atoms with E-state index in [0.717, 1.165) is 17.5 Å². The molecule has 0 aliphatic heterocycles. The van der Waals surface area contributed by atoms with Crippen molar-refractivity contribution < 1.29 is 25.8 Å². The van der Waals surface area contributed by atoms with E-state index in [2.05, 4.69) is 66.7 Å². The van der Waals surface area contributed by atoms with E-state index >= 15 is 0 Å². The summed E-state index contributed by atoms with van der Waals surface area (Å²) >= 11 is 0. The van der Waals surface area contributed by atoms with Crippen molar-refractivity contribution in [3.05, 3.63) is 122 Å². The normalized spacial score (nSPS) is 24.0. The van der Waals surface area contributed by atoms with Crippen LogP contribution in [0.15, 0.2) is 66.7 Å². The van der Waals surface area contributed by atoms with Gasteiger partial charge in [0.15, 0.2) is 0 Å². The molecular weight excluding hydrogens is 747 g/mol. The zero-order chi connectivity index (χ0) is 29.6. The fraction of sp³-hybridized carbons (Fsp3) is 0.556. The van der Waals surface area contributed by atoms with E-state index in [-0.39, 0.29) is 54.2 Å². The van der Waals surface area contributed by atoms with Crippen LogP contribution >= 0.6 is 0 Å². The molecule has 0 bridgehead atoms. The predicted molar refractivity (Wildman–Crippen MR) is 204 cm³/mol. The number of rotatable bonds is 7. The van der Waals surface area contributed by atoms with E-state index in [9.17, 15) is 0 Å². The van der Waals surface area contributed by atoms with Gasteiger partial charge in [0.05, 0.1) is 0 Å². The number of pyridine rings is 1. The van der Waals surface area contributed by atoms with Crippen LogP contribution in [0.4, 0.5) is 5.69 Å². The molecule has 48 heavy (non-hydrogen) atoms. The van der Waals surface area contributed by atoms with Gasteiger partial charge in [0.1, 0.15) is 0 Å². The first kappa shape index (κ1) is 40.7. The van der Waals surface area contributed by atoms with Gasteiger partial charge in [0.25, 0.3) is 0 Å². The third-order valence-electron chi connectivity index (χ3n) is 12.1. The predicted octanol–water partition coefficient (Wildman–Crippen LogP) is 14.2. The van der Waals surface area contributed by atoms with Gasteiger partial charge >= 0.3 is 0 Å². The van der Waals surface area contributed by atoms with Crippen LogP contribution in [0.5, 0.6) is 0 Å². The Kier molecular flexibility index (Phi) is 17.1.